The van der Waals surface area contributed by atoms with E-state index in [1.54, 1.807) is 18.2 Å². The first kappa shape index (κ1) is 18.5. The SMILES string of the molecule is CCn1c2c(c(=O)n3ncc(C(=O)Nc4cc(Cl)ccc4OC)c13)CNCC2. The van der Waals surface area contributed by atoms with Gasteiger partial charge in [-0.1, -0.05) is 11.6 Å². The fraction of sp³-hybridized carbons (Fsp3) is 0.316. The lowest BCUT2D eigenvalue weighted by atomic mass is 10.1. The molecule has 3 heterocycles. The van der Waals surface area contributed by atoms with E-state index in [-0.39, 0.29) is 11.5 Å². The van der Waals surface area contributed by atoms with E-state index in [9.17, 15) is 9.59 Å². The molecule has 0 aliphatic carbocycles. The van der Waals surface area contributed by atoms with Crippen LogP contribution >= 0.6 is 11.6 Å². The number of hydrogen-bond acceptors (Lipinski definition) is 5. The molecule has 0 unspecified atom stereocenters. The quantitative estimate of drug-likeness (QED) is 0.698. The third-order valence-electron chi connectivity index (χ3n) is 4.94. The standard InChI is InChI=1S/C19H20ClN5O3/c1-3-24-15-6-7-21-9-12(15)19(27)25-18(24)13(10-22-25)17(26)23-14-8-11(20)4-5-16(14)28-2/h4-5,8,10,21H,3,6-7,9H2,1-2H3,(H,23,26). The Morgan fingerprint density at radius 2 is 2.25 bits per heavy atom. The minimum Gasteiger partial charge on any atom is -0.495 e. The number of halogens is 1. The van der Waals surface area contributed by atoms with Crippen molar-refractivity contribution >= 4 is 28.8 Å². The number of aryl methyl sites for hydroxylation is 1. The Hall–Kier alpha value is -2.84. The van der Waals surface area contributed by atoms with Gasteiger partial charge >= 0.3 is 0 Å². The molecule has 1 aliphatic rings. The minimum absolute atomic E-state index is 0.193. The first-order valence-corrected chi connectivity index (χ1v) is 9.40. The number of ether oxygens (including phenoxy) is 1. The van der Waals surface area contributed by atoms with Crippen LogP contribution in [0.2, 0.25) is 5.02 Å². The van der Waals surface area contributed by atoms with Gasteiger partial charge in [-0.25, -0.2) is 0 Å². The van der Waals surface area contributed by atoms with Crippen molar-refractivity contribution in [1.29, 1.82) is 0 Å². The van der Waals surface area contributed by atoms with Crippen LogP contribution in [0.3, 0.4) is 0 Å². The van der Waals surface area contributed by atoms with Gasteiger partial charge in [-0.15, -0.1) is 0 Å². The number of methoxy groups -OCH3 is 1. The molecule has 28 heavy (non-hydrogen) atoms. The van der Waals surface area contributed by atoms with Crippen LogP contribution in [0.15, 0.2) is 29.2 Å². The molecule has 0 spiro atoms. The number of nitrogens with zero attached hydrogens (tertiary/aromatic N) is 3. The second kappa shape index (κ2) is 7.29. The van der Waals surface area contributed by atoms with Gasteiger partial charge in [-0.05, 0) is 25.1 Å². The number of fused-ring (bicyclic) bond motifs is 2. The van der Waals surface area contributed by atoms with Crippen molar-refractivity contribution in [2.45, 2.75) is 26.4 Å². The predicted octanol–water partition coefficient (Wildman–Crippen LogP) is 2.08. The molecule has 2 aromatic heterocycles. The van der Waals surface area contributed by atoms with E-state index in [1.165, 1.54) is 17.8 Å². The summed E-state index contributed by atoms with van der Waals surface area (Å²) >= 11 is 6.05. The highest BCUT2D eigenvalue weighted by atomic mass is 35.5. The normalized spacial score (nSPS) is 13.4. The third kappa shape index (κ3) is 2.94. The van der Waals surface area contributed by atoms with Gasteiger partial charge in [0, 0.05) is 36.8 Å². The molecule has 0 fully saturated rings. The summed E-state index contributed by atoms with van der Waals surface area (Å²) in [5.74, 6) is 0.108. The van der Waals surface area contributed by atoms with Crippen molar-refractivity contribution < 1.29 is 9.53 Å². The maximum absolute atomic E-state index is 13.0. The number of rotatable bonds is 4. The monoisotopic (exact) mass is 401 g/mol. The van der Waals surface area contributed by atoms with Crippen LogP contribution in [0.25, 0.3) is 5.65 Å². The first-order chi connectivity index (χ1) is 13.5. The lowest BCUT2D eigenvalue weighted by Gasteiger charge is -2.22. The molecule has 0 radical (unpaired) electrons. The molecule has 1 aliphatic heterocycles. The molecular formula is C19H20ClN5O3. The fourth-order valence-corrected chi connectivity index (χ4v) is 3.82. The number of aromatic nitrogens is 3. The van der Waals surface area contributed by atoms with Crippen molar-refractivity contribution in [3.05, 3.63) is 56.6 Å². The molecule has 0 atom stereocenters. The zero-order valence-corrected chi connectivity index (χ0v) is 16.3. The Labute approximate surface area is 166 Å². The lowest BCUT2D eigenvalue weighted by Crippen LogP contribution is -2.36. The number of hydrogen-bond donors (Lipinski definition) is 2. The molecule has 0 bridgehead atoms. The molecule has 1 aromatic carbocycles. The Morgan fingerprint density at radius 1 is 1.43 bits per heavy atom. The topological polar surface area (TPSA) is 89.7 Å². The third-order valence-corrected chi connectivity index (χ3v) is 5.17. The molecule has 9 heteroatoms. The highest BCUT2D eigenvalue weighted by Crippen LogP contribution is 2.28. The summed E-state index contributed by atoms with van der Waals surface area (Å²) < 4.78 is 8.59. The van der Waals surface area contributed by atoms with E-state index < -0.39 is 0 Å². The Balaban J connectivity index is 1.84. The van der Waals surface area contributed by atoms with Crippen LogP contribution in [0.4, 0.5) is 5.69 Å². The van der Waals surface area contributed by atoms with Crippen LogP contribution in [-0.4, -0.2) is 33.7 Å². The van der Waals surface area contributed by atoms with Crippen LogP contribution in [0.5, 0.6) is 5.75 Å². The summed E-state index contributed by atoms with van der Waals surface area (Å²) in [4.78, 5) is 25.9. The molecular weight excluding hydrogens is 382 g/mol. The Bertz CT molecular complexity index is 1130. The second-order valence-corrected chi connectivity index (χ2v) is 6.93. The number of benzene rings is 1. The number of nitrogens with one attached hydrogen (secondary N) is 2. The highest BCUT2D eigenvalue weighted by molar-refractivity contribution is 6.31. The molecule has 3 aromatic rings. The highest BCUT2D eigenvalue weighted by Gasteiger charge is 2.24. The second-order valence-electron chi connectivity index (χ2n) is 6.49. The van der Waals surface area contributed by atoms with Gasteiger partial charge in [0.1, 0.15) is 11.3 Å². The number of carbonyl (C=O) groups is 1. The van der Waals surface area contributed by atoms with Crippen LogP contribution in [0, 0.1) is 0 Å². The molecule has 146 valence electrons. The van der Waals surface area contributed by atoms with Crippen molar-refractivity contribution in [3.63, 3.8) is 0 Å². The van der Waals surface area contributed by atoms with E-state index >= 15 is 0 Å². The van der Waals surface area contributed by atoms with Crippen molar-refractivity contribution in [2.24, 2.45) is 0 Å². The summed E-state index contributed by atoms with van der Waals surface area (Å²) in [7, 11) is 1.52. The molecule has 2 N–H and O–H groups in total. The maximum Gasteiger partial charge on any atom is 0.279 e. The summed E-state index contributed by atoms with van der Waals surface area (Å²) in [5, 5.41) is 10.7. The largest absolute Gasteiger partial charge is 0.495 e. The lowest BCUT2D eigenvalue weighted by molar-refractivity contribution is 0.102. The Kier molecular flexibility index (Phi) is 4.82. The van der Waals surface area contributed by atoms with Crippen molar-refractivity contribution in [2.75, 3.05) is 19.0 Å². The van der Waals surface area contributed by atoms with Crippen molar-refractivity contribution in [1.82, 2.24) is 19.5 Å². The number of amides is 1. The Morgan fingerprint density at radius 3 is 3.00 bits per heavy atom. The van der Waals surface area contributed by atoms with Crippen LogP contribution < -0.4 is 20.9 Å². The maximum atomic E-state index is 13.0. The van der Waals surface area contributed by atoms with E-state index in [1.807, 2.05) is 11.5 Å². The van der Waals surface area contributed by atoms with Crippen LogP contribution in [0.1, 0.15) is 28.5 Å². The number of carbonyl (C=O) groups excluding carboxylic acids is 1. The molecule has 0 saturated heterocycles. The van der Waals surface area contributed by atoms with Gasteiger partial charge < -0.3 is 19.9 Å². The van der Waals surface area contributed by atoms with E-state index in [0.29, 0.717) is 46.3 Å². The van der Waals surface area contributed by atoms with Gasteiger partial charge in [0.05, 0.1) is 24.6 Å². The molecule has 0 saturated carbocycles. The van der Waals surface area contributed by atoms with E-state index in [2.05, 4.69) is 15.7 Å². The van der Waals surface area contributed by atoms with E-state index in [4.69, 9.17) is 16.3 Å². The zero-order chi connectivity index (χ0) is 19.8. The average Bonchev–Trinajstić information content (AvgIpc) is 3.14. The zero-order valence-electron chi connectivity index (χ0n) is 15.6. The van der Waals surface area contributed by atoms with Gasteiger partial charge in [-0.2, -0.15) is 9.61 Å². The fourth-order valence-electron chi connectivity index (χ4n) is 3.64. The van der Waals surface area contributed by atoms with Crippen LogP contribution in [-0.2, 0) is 19.5 Å². The van der Waals surface area contributed by atoms with E-state index in [0.717, 1.165) is 18.7 Å². The summed E-state index contributed by atoms with van der Waals surface area (Å²) in [5.41, 5.74) is 2.72. The van der Waals surface area contributed by atoms with Gasteiger partial charge in [0.15, 0.2) is 5.65 Å². The van der Waals surface area contributed by atoms with Crippen molar-refractivity contribution in [3.8, 4) is 5.75 Å². The van der Waals surface area contributed by atoms with Gasteiger partial charge in [0.2, 0.25) is 0 Å². The molecule has 1 amide bonds. The summed E-state index contributed by atoms with van der Waals surface area (Å²) in [6.45, 7) is 3.91. The predicted molar refractivity (Wildman–Crippen MR) is 106 cm³/mol. The summed E-state index contributed by atoms with van der Waals surface area (Å²) in [6.07, 6.45) is 2.15. The molecule has 8 nitrogen and oxygen atoms in total. The smallest absolute Gasteiger partial charge is 0.279 e. The summed E-state index contributed by atoms with van der Waals surface area (Å²) in [6, 6.07) is 4.98. The molecule has 4 rings (SSSR count). The van der Waals surface area contributed by atoms with Gasteiger partial charge in [0.25, 0.3) is 11.5 Å². The van der Waals surface area contributed by atoms with Gasteiger partial charge in [-0.3, -0.25) is 9.59 Å². The average molecular weight is 402 g/mol. The first-order valence-electron chi connectivity index (χ1n) is 9.03. The minimum atomic E-state index is -0.383. The number of anilines is 1.